The molecule has 6 heteroatoms. The van der Waals surface area contributed by atoms with Gasteiger partial charge in [0.2, 0.25) is 5.91 Å². The molecule has 1 aliphatic rings. The predicted octanol–water partition coefficient (Wildman–Crippen LogP) is 1.64. The van der Waals surface area contributed by atoms with Crippen molar-refractivity contribution in [2.75, 3.05) is 47.8 Å². The fraction of sp³-hybridized carbons (Fsp3) is 0.600. The Kier molecular flexibility index (Phi) is 7.91. The van der Waals surface area contributed by atoms with Gasteiger partial charge in [-0.2, -0.15) is 0 Å². The number of carbonyl (C=O) groups is 1. The molecule has 0 spiro atoms. The van der Waals surface area contributed by atoms with E-state index in [1.165, 1.54) is 5.56 Å². The standard InChI is InChI=1S/C20H33N5O/c1-23(2)19(26)18-12-8-14-25(18)15-9-13-21-20(24(3)4)22-16-17-10-6-5-7-11-17/h5-7,10-11,18H,8-9,12-16H2,1-4H3,(H,21,22). The van der Waals surface area contributed by atoms with Crippen molar-refractivity contribution in [2.24, 2.45) is 4.99 Å². The molecule has 0 aromatic heterocycles. The SMILES string of the molecule is CN(C)C(=O)C1CCCN1CCCNC(=NCc1ccccc1)N(C)C. The number of hydrogen-bond donors (Lipinski definition) is 1. The molecule has 0 radical (unpaired) electrons. The van der Waals surface area contributed by atoms with Gasteiger partial charge in [0.15, 0.2) is 5.96 Å². The number of guanidine groups is 1. The van der Waals surface area contributed by atoms with E-state index in [1.54, 1.807) is 4.90 Å². The third kappa shape index (κ3) is 6.02. The summed E-state index contributed by atoms with van der Waals surface area (Å²) in [5, 5.41) is 3.43. The maximum Gasteiger partial charge on any atom is 0.239 e. The number of aliphatic imine (C=N–C) groups is 1. The molecule has 1 heterocycles. The highest BCUT2D eigenvalue weighted by molar-refractivity contribution is 5.81. The Hall–Kier alpha value is -2.08. The Morgan fingerprint density at radius 1 is 1.19 bits per heavy atom. The molecule has 6 nitrogen and oxygen atoms in total. The van der Waals surface area contributed by atoms with E-state index in [0.717, 1.165) is 44.9 Å². The second-order valence-electron chi connectivity index (χ2n) is 7.23. The monoisotopic (exact) mass is 359 g/mol. The number of hydrogen-bond acceptors (Lipinski definition) is 3. The Balaban J connectivity index is 1.78. The third-order valence-corrected chi connectivity index (χ3v) is 4.67. The number of benzene rings is 1. The van der Waals surface area contributed by atoms with Crippen LogP contribution in [0.5, 0.6) is 0 Å². The zero-order valence-corrected chi connectivity index (χ0v) is 16.6. The van der Waals surface area contributed by atoms with E-state index >= 15 is 0 Å². The molecule has 144 valence electrons. The summed E-state index contributed by atoms with van der Waals surface area (Å²) in [4.78, 5) is 23.0. The van der Waals surface area contributed by atoms with Crippen molar-refractivity contribution in [3.05, 3.63) is 35.9 Å². The van der Waals surface area contributed by atoms with E-state index in [1.807, 2.05) is 51.3 Å². The minimum atomic E-state index is 0.0602. The fourth-order valence-electron chi connectivity index (χ4n) is 3.26. The predicted molar refractivity (Wildman–Crippen MR) is 107 cm³/mol. The Morgan fingerprint density at radius 3 is 2.58 bits per heavy atom. The zero-order valence-electron chi connectivity index (χ0n) is 16.6. The molecule has 1 amide bonds. The normalized spacial score (nSPS) is 18.0. The second kappa shape index (κ2) is 10.2. The van der Waals surface area contributed by atoms with Gasteiger partial charge in [0.1, 0.15) is 0 Å². The number of carbonyl (C=O) groups excluding carboxylic acids is 1. The van der Waals surface area contributed by atoms with Gasteiger partial charge in [-0.05, 0) is 31.4 Å². The van der Waals surface area contributed by atoms with Crippen molar-refractivity contribution in [3.63, 3.8) is 0 Å². The molecule has 1 aromatic carbocycles. The van der Waals surface area contributed by atoms with Crippen molar-refractivity contribution in [1.82, 2.24) is 20.0 Å². The van der Waals surface area contributed by atoms with Gasteiger partial charge in [0.05, 0.1) is 12.6 Å². The minimum Gasteiger partial charge on any atom is -0.356 e. The summed E-state index contributed by atoms with van der Waals surface area (Å²) in [6.07, 6.45) is 3.08. The molecule has 1 unspecified atom stereocenters. The molecule has 26 heavy (non-hydrogen) atoms. The summed E-state index contributed by atoms with van der Waals surface area (Å²) < 4.78 is 0. The van der Waals surface area contributed by atoms with Gasteiger partial charge in [0.25, 0.3) is 0 Å². The molecule has 1 saturated heterocycles. The lowest BCUT2D eigenvalue weighted by atomic mass is 10.2. The van der Waals surface area contributed by atoms with Crippen LogP contribution in [0.2, 0.25) is 0 Å². The molecule has 2 rings (SSSR count). The van der Waals surface area contributed by atoms with Crippen LogP contribution in [0, 0.1) is 0 Å². The first-order valence-corrected chi connectivity index (χ1v) is 9.44. The van der Waals surface area contributed by atoms with Gasteiger partial charge >= 0.3 is 0 Å². The van der Waals surface area contributed by atoms with Crippen molar-refractivity contribution >= 4 is 11.9 Å². The first-order chi connectivity index (χ1) is 12.5. The van der Waals surface area contributed by atoms with Crippen LogP contribution in [0.3, 0.4) is 0 Å². The maximum absolute atomic E-state index is 12.2. The molecule has 0 bridgehead atoms. The molecule has 0 aliphatic carbocycles. The molecular formula is C20H33N5O. The Bertz CT molecular complexity index is 585. The zero-order chi connectivity index (χ0) is 18.9. The van der Waals surface area contributed by atoms with Crippen LogP contribution in [-0.4, -0.2) is 80.4 Å². The van der Waals surface area contributed by atoms with Gasteiger partial charge in [0, 0.05) is 41.3 Å². The van der Waals surface area contributed by atoms with Gasteiger partial charge in [-0.1, -0.05) is 30.3 Å². The van der Waals surface area contributed by atoms with Crippen LogP contribution in [-0.2, 0) is 11.3 Å². The van der Waals surface area contributed by atoms with Gasteiger partial charge in [-0.25, -0.2) is 4.99 Å². The third-order valence-electron chi connectivity index (χ3n) is 4.67. The molecule has 1 atom stereocenters. The number of rotatable bonds is 7. The number of nitrogens with zero attached hydrogens (tertiary/aromatic N) is 4. The first kappa shape index (κ1) is 20.2. The van der Waals surface area contributed by atoms with E-state index in [9.17, 15) is 4.79 Å². The van der Waals surface area contributed by atoms with Crippen LogP contribution in [0.25, 0.3) is 0 Å². The average molecular weight is 360 g/mol. The van der Waals surface area contributed by atoms with Crippen LogP contribution in [0.15, 0.2) is 35.3 Å². The van der Waals surface area contributed by atoms with E-state index in [-0.39, 0.29) is 11.9 Å². The van der Waals surface area contributed by atoms with Crippen LogP contribution < -0.4 is 5.32 Å². The quantitative estimate of drug-likeness (QED) is 0.457. The molecule has 1 fully saturated rings. The number of likely N-dealkylation sites (N-methyl/N-ethyl adjacent to an activating group) is 1. The lowest BCUT2D eigenvalue weighted by Gasteiger charge is -2.26. The molecule has 1 N–H and O–H groups in total. The van der Waals surface area contributed by atoms with Crippen molar-refractivity contribution in [2.45, 2.75) is 31.8 Å². The lowest BCUT2D eigenvalue weighted by molar-refractivity contribution is -0.133. The summed E-state index contributed by atoms with van der Waals surface area (Å²) in [5.74, 6) is 1.13. The van der Waals surface area contributed by atoms with Gasteiger partial charge < -0.3 is 15.1 Å². The van der Waals surface area contributed by atoms with Gasteiger partial charge in [-0.15, -0.1) is 0 Å². The number of amides is 1. The van der Waals surface area contributed by atoms with E-state index in [2.05, 4.69) is 27.3 Å². The second-order valence-corrected chi connectivity index (χ2v) is 7.23. The summed E-state index contributed by atoms with van der Waals surface area (Å²) in [5.41, 5.74) is 1.20. The van der Waals surface area contributed by atoms with E-state index in [4.69, 9.17) is 0 Å². The molecule has 1 aliphatic heterocycles. The van der Waals surface area contributed by atoms with Crippen molar-refractivity contribution in [1.29, 1.82) is 0 Å². The van der Waals surface area contributed by atoms with Crippen LogP contribution >= 0.6 is 0 Å². The maximum atomic E-state index is 12.2. The molecule has 0 saturated carbocycles. The first-order valence-electron chi connectivity index (χ1n) is 9.44. The molecular weight excluding hydrogens is 326 g/mol. The van der Waals surface area contributed by atoms with Crippen LogP contribution in [0.4, 0.5) is 0 Å². The van der Waals surface area contributed by atoms with Crippen molar-refractivity contribution < 1.29 is 4.79 Å². The average Bonchev–Trinajstić information content (AvgIpc) is 3.09. The van der Waals surface area contributed by atoms with Crippen LogP contribution in [0.1, 0.15) is 24.8 Å². The van der Waals surface area contributed by atoms with E-state index in [0.29, 0.717) is 6.54 Å². The Morgan fingerprint density at radius 2 is 1.92 bits per heavy atom. The smallest absolute Gasteiger partial charge is 0.239 e. The number of likely N-dealkylation sites (tertiary alicyclic amines) is 1. The Labute approximate surface area is 157 Å². The highest BCUT2D eigenvalue weighted by atomic mass is 16.2. The largest absolute Gasteiger partial charge is 0.356 e. The summed E-state index contributed by atoms with van der Waals surface area (Å²) in [6.45, 7) is 3.49. The highest BCUT2D eigenvalue weighted by Gasteiger charge is 2.30. The highest BCUT2D eigenvalue weighted by Crippen LogP contribution is 2.18. The minimum absolute atomic E-state index is 0.0602. The van der Waals surface area contributed by atoms with Gasteiger partial charge in [-0.3, -0.25) is 9.69 Å². The lowest BCUT2D eigenvalue weighted by Crippen LogP contribution is -2.44. The van der Waals surface area contributed by atoms with E-state index < -0.39 is 0 Å². The fourth-order valence-corrected chi connectivity index (χ4v) is 3.26. The summed E-state index contributed by atoms with van der Waals surface area (Å²) in [7, 11) is 7.69. The molecule has 1 aromatic rings. The topological polar surface area (TPSA) is 51.2 Å². The summed E-state index contributed by atoms with van der Waals surface area (Å²) in [6, 6.07) is 10.3. The van der Waals surface area contributed by atoms with Crippen molar-refractivity contribution in [3.8, 4) is 0 Å². The summed E-state index contributed by atoms with van der Waals surface area (Å²) >= 11 is 0. The number of nitrogens with one attached hydrogen (secondary N) is 1.